The molecule has 2 fully saturated rings. The molecule has 32 heavy (non-hydrogen) atoms. The van der Waals surface area contributed by atoms with Crippen molar-refractivity contribution in [2.45, 2.75) is 43.5 Å². The van der Waals surface area contributed by atoms with Crippen LogP contribution in [0.15, 0.2) is 53.4 Å². The molecule has 7 nitrogen and oxygen atoms in total. The van der Waals surface area contributed by atoms with E-state index in [0.717, 1.165) is 11.1 Å². The maximum Gasteiger partial charge on any atom is 0.324 e. The summed E-state index contributed by atoms with van der Waals surface area (Å²) in [7, 11) is -3.53. The molecule has 1 heterocycles. The monoisotopic (exact) mass is 456 g/mol. The maximum atomic E-state index is 13.1. The predicted molar refractivity (Wildman–Crippen MR) is 120 cm³/mol. The second-order valence-corrected chi connectivity index (χ2v) is 11.3. The number of benzene rings is 2. The van der Waals surface area contributed by atoms with Crippen LogP contribution in [-0.4, -0.2) is 44.2 Å². The number of hydrogen-bond acceptors (Lipinski definition) is 5. The molecule has 0 atom stereocenters. The molecule has 2 aromatic rings. The Bertz CT molecular complexity index is 1120. The van der Waals surface area contributed by atoms with Crippen LogP contribution in [0.1, 0.15) is 37.8 Å². The molecule has 1 saturated carbocycles. The van der Waals surface area contributed by atoms with Gasteiger partial charge in [0.2, 0.25) is 5.91 Å². The first-order valence-electron chi connectivity index (χ1n) is 10.8. The number of rotatable bonds is 9. The van der Waals surface area contributed by atoms with Crippen molar-refractivity contribution in [2.24, 2.45) is 5.92 Å². The van der Waals surface area contributed by atoms with Crippen LogP contribution < -0.4 is 10.1 Å². The van der Waals surface area contributed by atoms with E-state index in [2.05, 4.69) is 5.32 Å². The van der Waals surface area contributed by atoms with Crippen LogP contribution in [0.4, 0.5) is 4.79 Å². The Morgan fingerprint density at radius 1 is 1.09 bits per heavy atom. The van der Waals surface area contributed by atoms with Crippen molar-refractivity contribution < 1.29 is 22.7 Å². The van der Waals surface area contributed by atoms with Gasteiger partial charge >= 0.3 is 6.03 Å². The number of carbonyl (C=O) groups is 2. The molecule has 0 bridgehead atoms. The molecule has 2 aliphatic rings. The Balaban J connectivity index is 1.44. The highest BCUT2D eigenvalue weighted by atomic mass is 32.2. The summed E-state index contributed by atoms with van der Waals surface area (Å²) in [6.07, 6.45) is 2.35. The van der Waals surface area contributed by atoms with E-state index in [1.807, 2.05) is 38.1 Å². The largest absolute Gasteiger partial charge is 0.493 e. The first kappa shape index (κ1) is 22.3. The van der Waals surface area contributed by atoms with Crippen LogP contribution >= 0.6 is 0 Å². The lowest BCUT2D eigenvalue weighted by Crippen LogP contribution is -2.29. The van der Waals surface area contributed by atoms with Gasteiger partial charge < -0.3 is 9.64 Å². The predicted octanol–water partition coefficient (Wildman–Crippen LogP) is 3.28. The Labute approximate surface area is 188 Å². The minimum Gasteiger partial charge on any atom is -0.493 e. The molecular weight excluding hydrogens is 428 g/mol. The lowest BCUT2D eigenvalue weighted by Gasteiger charge is -2.25. The summed E-state index contributed by atoms with van der Waals surface area (Å²) in [5.74, 6) is 0.830. The van der Waals surface area contributed by atoms with Crippen molar-refractivity contribution in [3.8, 4) is 5.75 Å². The van der Waals surface area contributed by atoms with Crippen molar-refractivity contribution in [2.75, 3.05) is 18.9 Å². The van der Waals surface area contributed by atoms with Crippen molar-refractivity contribution in [1.82, 2.24) is 10.2 Å². The first-order valence-corrected chi connectivity index (χ1v) is 12.4. The molecule has 8 heteroatoms. The number of ether oxygens (including phenoxy) is 1. The van der Waals surface area contributed by atoms with E-state index in [-0.39, 0.29) is 23.1 Å². The zero-order chi connectivity index (χ0) is 22.9. The molecule has 3 amide bonds. The molecule has 0 spiro atoms. The van der Waals surface area contributed by atoms with Crippen LogP contribution in [0, 0.1) is 5.92 Å². The second-order valence-electron chi connectivity index (χ2n) is 9.28. The summed E-state index contributed by atoms with van der Waals surface area (Å²) >= 11 is 0. The summed E-state index contributed by atoms with van der Waals surface area (Å²) in [4.78, 5) is 24.8. The first-order chi connectivity index (χ1) is 15.1. The van der Waals surface area contributed by atoms with Gasteiger partial charge in [0.25, 0.3) is 0 Å². The number of carbonyl (C=O) groups excluding carboxylic acids is 2. The van der Waals surface area contributed by atoms with Gasteiger partial charge in [0.1, 0.15) is 12.3 Å². The van der Waals surface area contributed by atoms with Crippen LogP contribution in [-0.2, 0) is 26.6 Å². The minimum absolute atomic E-state index is 0.0472. The third-order valence-corrected chi connectivity index (χ3v) is 7.95. The summed E-state index contributed by atoms with van der Waals surface area (Å²) in [6, 6.07) is 13.8. The van der Waals surface area contributed by atoms with Gasteiger partial charge in [0, 0.05) is 12.0 Å². The van der Waals surface area contributed by atoms with Crippen LogP contribution in [0.2, 0.25) is 0 Å². The molecule has 1 N–H and O–H groups in total. The molecule has 0 aromatic heterocycles. The molecule has 2 aromatic carbocycles. The van der Waals surface area contributed by atoms with E-state index in [0.29, 0.717) is 24.8 Å². The Kier molecular flexibility index (Phi) is 5.99. The summed E-state index contributed by atoms with van der Waals surface area (Å²) in [5.41, 5.74) is 1.13. The molecule has 4 rings (SSSR count). The van der Waals surface area contributed by atoms with E-state index in [1.54, 1.807) is 24.3 Å². The number of amides is 3. The van der Waals surface area contributed by atoms with Gasteiger partial charge in [-0.25, -0.2) is 13.2 Å². The van der Waals surface area contributed by atoms with Gasteiger partial charge in [-0.15, -0.1) is 0 Å². The summed E-state index contributed by atoms with van der Waals surface area (Å²) < 4.78 is 32.0. The minimum atomic E-state index is -3.53. The molecular formula is C24H28N2O5S. The average Bonchev–Trinajstić information content (AvgIpc) is 3.51. The molecule has 1 aliphatic heterocycles. The van der Waals surface area contributed by atoms with Crippen LogP contribution in [0.3, 0.4) is 0 Å². The molecule has 0 radical (unpaired) electrons. The third kappa shape index (κ3) is 5.30. The zero-order valence-electron chi connectivity index (χ0n) is 18.3. The number of hydrogen-bond donors (Lipinski definition) is 1. The quantitative estimate of drug-likeness (QED) is 0.585. The van der Waals surface area contributed by atoms with Crippen molar-refractivity contribution in [3.63, 3.8) is 0 Å². The number of sulfone groups is 1. The molecule has 170 valence electrons. The fraction of sp³-hybridized carbons (Fsp3) is 0.417. The van der Waals surface area contributed by atoms with E-state index >= 15 is 0 Å². The number of nitrogens with zero attached hydrogens (tertiary/aromatic N) is 1. The Hall–Kier alpha value is -2.87. The number of imide groups is 1. The molecule has 1 aliphatic carbocycles. The van der Waals surface area contributed by atoms with E-state index in [1.165, 1.54) is 17.7 Å². The lowest BCUT2D eigenvalue weighted by molar-refractivity contribution is -0.118. The number of nitrogens with one attached hydrogen (secondary N) is 1. The SMILES string of the molecule is CC(C)(CS(=O)(=O)c1cccc(OCC2CC2)c1)c1ccc(CN2CC(=O)NC2=O)cc1. The van der Waals surface area contributed by atoms with Gasteiger partial charge in [-0.05, 0) is 48.1 Å². The van der Waals surface area contributed by atoms with Crippen molar-refractivity contribution >= 4 is 21.8 Å². The topological polar surface area (TPSA) is 92.8 Å². The van der Waals surface area contributed by atoms with Gasteiger partial charge in [-0.3, -0.25) is 10.1 Å². The van der Waals surface area contributed by atoms with E-state index in [4.69, 9.17) is 4.74 Å². The molecule has 1 saturated heterocycles. The second kappa shape index (κ2) is 8.58. The van der Waals surface area contributed by atoms with Gasteiger partial charge in [-0.1, -0.05) is 44.2 Å². The molecule has 0 unspecified atom stereocenters. The summed E-state index contributed by atoms with van der Waals surface area (Å²) in [6.45, 7) is 4.81. The van der Waals surface area contributed by atoms with E-state index in [9.17, 15) is 18.0 Å². The maximum absolute atomic E-state index is 13.1. The van der Waals surface area contributed by atoms with Gasteiger partial charge in [-0.2, -0.15) is 0 Å². The van der Waals surface area contributed by atoms with Crippen molar-refractivity contribution in [1.29, 1.82) is 0 Å². The van der Waals surface area contributed by atoms with Crippen LogP contribution in [0.5, 0.6) is 5.75 Å². The average molecular weight is 457 g/mol. The summed E-state index contributed by atoms with van der Waals surface area (Å²) in [5, 5.41) is 2.26. The number of urea groups is 1. The highest BCUT2D eigenvalue weighted by molar-refractivity contribution is 7.91. The van der Waals surface area contributed by atoms with Gasteiger partial charge in [0.15, 0.2) is 9.84 Å². The van der Waals surface area contributed by atoms with E-state index < -0.39 is 21.3 Å². The third-order valence-electron chi connectivity index (χ3n) is 5.87. The lowest BCUT2D eigenvalue weighted by atomic mass is 9.86. The fourth-order valence-corrected chi connectivity index (χ4v) is 5.66. The Morgan fingerprint density at radius 3 is 2.44 bits per heavy atom. The normalized spacial score (nSPS) is 16.9. The standard InChI is InChI=1S/C24H28N2O5S/c1-24(2,19-10-8-17(9-11-19)13-26-14-22(27)25-23(26)28)16-32(29,30)21-5-3-4-20(12-21)31-15-18-6-7-18/h3-5,8-12,18H,6-7,13-16H2,1-2H3,(H,25,27,28). The zero-order valence-corrected chi connectivity index (χ0v) is 19.2. The van der Waals surface area contributed by atoms with Crippen molar-refractivity contribution in [3.05, 3.63) is 59.7 Å². The fourth-order valence-electron chi connectivity index (χ4n) is 3.79. The van der Waals surface area contributed by atoms with Crippen LogP contribution in [0.25, 0.3) is 0 Å². The highest BCUT2D eigenvalue weighted by Gasteiger charge is 2.30. The van der Waals surface area contributed by atoms with Gasteiger partial charge in [0.05, 0.1) is 17.3 Å². The Morgan fingerprint density at radius 2 is 1.81 bits per heavy atom. The smallest absolute Gasteiger partial charge is 0.324 e. The highest BCUT2D eigenvalue weighted by Crippen LogP contribution is 2.31.